The summed E-state index contributed by atoms with van der Waals surface area (Å²) >= 11 is 1.19. The summed E-state index contributed by atoms with van der Waals surface area (Å²) in [6.07, 6.45) is 1.70. The molecule has 41 heavy (non-hydrogen) atoms. The first-order chi connectivity index (χ1) is 19.8. The minimum absolute atomic E-state index is 0.0519. The van der Waals surface area contributed by atoms with E-state index in [-0.39, 0.29) is 31.0 Å². The molecule has 216 valence electrons. The molecular weight excluding hydrogens is 552 g/mol. The normalized spacial score (nSPS) is 14.7. The summed E-state index contributed by atoms with van der Waals surface area (Å²) < 4.78 is 33.4. The maximum Gasteiger partial charge on any atom is 0.343 e. The number of nitrogens with zero attached hydrogens (tertiary/aromatic N) is 2. The number of thiazole rings is 1. The van der Waals surface area contributed by atoms with Crippen molar-refractivity contribution in [2.75, 3.05) is 48.3 Å². The van der Waals surface area contributed by atoms with Gasteiger partial charge in [0.2, 0.25) is 0 Å². The summed E-state index contributed by atoms with van der Waals surface area (Å²) in [6.45, 7) is 1.72. The number of benzene rings is 2. The van der Waals surface area contributed by atoms with E-state index in [1.807, 2.05) is 12.1 Å². The van der Waals surface area contributed by atoms with Gasteiger partial charge in [-0.3, -0.25) is 9.36 Å². The number of carbonyl (C=O) groups excluding carboxylic acids is 2. The second kappa shape index (κ2) is 13.3. The molecule has 2 heterocycles. The Morgan fingerprint density at radius 1 is 1.00 bits per heavy atom. The van der Waals surface area contributed by atoms with Gasteiger partial charge in [-0.15, -0.1) is 0 Å². The molecule has 0 radical (unpaired) electrons. The lowest BCUT2D eigenvalue weighted by atomic mass is 9.95. The Labute approximate surface area is 239 Å². The highest BCUT2D eigenvalue weighted by Gasteiger charge is 2.35. The third kappa shape index (κ3) is 6.34. The molecule has 0 N–H and O–H groups in total. The number of allylic oxidation sites excluding steroid dienone is 1. The average Bonchev–Trinajstić information content (AvgIpc) is 3.29. The average molecular weight is 583 g/mol. The molecule has 11 nitrogen and oxygen atoms in total. The van der Waals surface area contributed by atoms with Crippen LogP contribution in [-0.4, -0.2) is 64.8 Å². The van der Waals surface area contributed by atoms with E-state index in [4.69, 9.17) is 23.7 Å². The van der Waals surface area contributed by atoms with E-state index in [2.05, 4.69) is 9.73 Å². The molecular formula is C29H30N2O9S. The van der Waals surface area contributed by atoms with Crippen molar-refractivity contribution in [2.24, 2.45) is 4.99 Å². The third-order valence-electron chi connectivity index (χ3n) is 6.25. The molecule has 1 aliphatic heterocycles. The Balaban J connectivity index is 1.82. The van der Waals surface area contributed by atoms with Crippen LogP contribution in [0.5, 0.6) is 17.2 Å². The van der Waals surface area contributed by atoms with Crippen LogP contribution in [-0.2, 0) is 23.8 Å². The number of aromatic nitrogens is 1. The number of hydrogen-bond acceptors (Lipinski definition) is 11. The Morgan fingerprint density at radius 2 is 1.76 bits per heavy atom. The van der Waals surface area contributed by atoms with Crippen molar-refractivity contribution in [3.8, 4) is 17.2 Å². The largest absolute Gasteiger partial charge is 0.496 e. The zero-order chi connectivity index (χ0) is 29.5. The van der Waals surface area contributed by atoms with Gasteiger partial charge in [0.1, 0.15) is 18.4 Å². The van der Waals surface area contributed by atoms with Gasteiger partial charge in [0, 0.05) is 12.7 Å². The molecule has 0 saturated carbocycles. The highest BCUT2D eigenvalue weighted by Crippen LogP contribution is 2.35. The predicted molar refractivity (Wildman–Crippen MR) is 150 cm³/mol. The quantitative estimate of drug-likeness (QED) is 0.247. The molecule has 1 atom stereocenters. The monoisotopic (exact) mass is 582 g/mol. The van der Waals surface area contributed by atoms with Crippen LogP contribution < -0.4 is 29.1 Å². The molecule has 3 aromatic rings. The van der Waals surface area contributed by atoms with Crippen LogP contribution in [0.3, 0.4) is 0 Å². The van der Waals surface area contributed by atoms with Gasteiger partial charge in [0.15, 0.2) is 22.9 Å². The van der Waals surface area contributed by atoms with Crippen molar-refractivity contribution in [3.05, 3.63) is 84.5 Å². The molecule has 0 amide bonds. The van der Waals surface area contributed by atoms with E-state index in [1.54, 1.807) is 43.3 Å². The van der Waals surface area contributed by atoms with Crippen LogP contribution >= 0.6 is 11.3 Å². The topological polar surface area (TPSA) is 124 Å². The molecule has 0 spiro atoms. The fourth-order valence-electron chi connectivity index (χ4n) is 4.30. The lowest BCUT2D eigenvalue weighted by Gasteiger charge is -2.26. The Kier molecular flexibility index (Phi) is 9.58. The molecule has 0 fully saturated rings. The lowest BCUT2D eigenvalue weighted by Crippen LogP contribution is -2.40. The predicted octanol–water partition coefficient (Wildman–Crippen LogP) is 1.99. The van der Waals surface area contributed by atoms with Gasteiger partial charge in [-0.1, -0.05) is 35.6 Å². The van der Waals surface area contributed by atoms with E-state index in [0.717, 1.165) is 0 Å². The van der Waals surface area contributed by atoms with Gasteiger partial charge in [0.25, 0.3) is 5.56 Å². The first kappa shape index (κ1) is 29.6. The minimum Gasteiger partial charge on any atom is -0.496 e. The molecule has 0 aliphatic carbocycles. The zero-order valence-electron chi connectivity index (χ0n) is 23.3. The number of para-hydroxylation sites is 1. The Bertz CT molecular complexity index is 1660. The molecule has 1 aliphatic rings. The first-order valence-corrected chi connectivity index (χ1v) is 13.3. The number of carbonyl (C=O) groups is 2. The maximum atomic E-state index is 13.9. The SMILES string of the molecule is COCCOC(=O)C1=C(C)N=c2sc(=Cc3ccc(OCC(=O)OC)c(OC)c3)c(=O)n2C1c1ccccc1OC. The minimum atomic E-state index is -0.830. The van der Waals surface area contributed by atoms with Gasteiger partial charge < -0.3 is 28.4 Å². The van der Waals surface area contributed by atoms with Crippen LogP contribution in [0.2, 0.25) is 0 Å². The van der Waals surface area contributed by atoms with Crippen LogP contribution in [0, 0.1) is 0 Å². The van der Waals surface area contributed by atoms with Crippen molar-refractivity contribution in [2.45, 2.75) is 13.0 Å². The summed E-state index contributed by atoms with van der Waals surface area (Å²) in [5.41, 5.74) is 1.60. The van der Waals surface area contributed by atoms with Crippen molar-refractivity contribution in [1.29, 1.82) is 0 Å². The van der Waals surface area contributed by atoms with Gasteiger partial charge in [-0.05, 0) is 36.8 Å². The van der Waals surface area contributed by atoms with E-state index < -0.39 is 18.0 Å². The lowest BCUT2D eigenvalue weighted by molar-refractivity contribution is -0.143. The van der Waals surface area contributed by atoms with Crippen LogP contribution in [0.1, 0.15) is 24.1 Å². The fourth-order valence-corrected chi connectivity index (χ4v) is 5.35. The maximum absolute atomic E-state index is 13.9. The molecule has 12 heteroatoms. The summed E-state index contributed by atoms with van der Waals surface area (Å²) in [6, 6.07) is 11.4. The van der Waals surface area contributed by atoms with Gasteiger partial charge >= 0.3 is 11.9 Å². The van der Waals surface area contributed by atoms with Gasteiger partial charge in [-0.25, -0.2) is 14.6 Å². The number of methoxy groups -OCH3 is 4. The number of fused-ring (bicyclic) bond motifs is 1. The summed E-state index contributed by atoms with van der Waals surface area (Å²) in [4.78, 5) is 43.7. The van der Waals surface area contributed by atoms with E-state index in [0.29, 0.717) is 43.4 Å². The second-order valence-corrected chi connectivity index (χ2v) is 9.74. The molecule has 0 saturated heterocycles. The smallest absolute Gasteiger partial charge is 0.343 e. The summed E-state index contributed by atoms with van der Waals surface area (Å²) in [5, 5.41) is 0. The Morgan fingerprint density at radius 3 is 2.46 bits per heavy atom. The van der Waals surface area contributed by atoms with Crippen molar-refractivity contribution >= 4 is 29.4 Å². The highest BCUT2D eigenvalue weighted by molar-refractivity contribution is 7.07. The van der Waals surface area contributed by atoms with Crippen LogP contribution in [0.15, 0.2) is 63.5 Å². The van der Waals surface area contributed by atoms with Crippen molar-refractivity contribution in [3.63, 3.8) is 0 Å². The van der Waals surface area contributed by atoms with E-state index >= 15 is 0 Å². The summed E-state index contributed by atoms with van der Waals surface area (Å²) in [5.74, 6) is 0.107. The number of ether oxygens (including phenoxy) is 6. The standard InChI is InChI=1S/C29H30N2O9S/c1-17-25(28(34)39-13-12-35-2)26(19-8-6-7-9-20(19)36-3)31-27(33)23(41-29(31)30-17)15-18-10-11-21(22(14-18)37-4)40-16-24(32)38-5/h6-11,14-15,26H,12-13,16H2,1-5H3. The molecule has 2 aromatic carbocycles. The molecule has 1 aromatic heterocycles. The fraction of sp³-hybridized carbons (Fsp3) is 0.310. The number of rotatable bonds is 11. The molecule has 1 unspecified atom stereocenters. The van der Waals surface area contributed by atoms with Gasteiger partial charge in [-0.2, -0.15) is 0 Å². The highest BCUT2D eigenvalue weighted by atomic mass is 32.1. The van der Waals surface area contributed by atoms with Gasteiger partial charge in [0.05, 0.1) is 43.7 Å². The van der Waals surface area contributed by atoms with E-state index in [1.165, 1.54) is 44.3 Å². The van der Waals surface area contributed by atoms with Crippen LogP contribution in [0.25, 0.3) is 6.08 Å². The van der Waals surface area contributed by atoms with E-state index in [9.17, 15) is 14.4 Å². The van der Waals surface area contributed by atoms with Crippen molar-refractivity contribution in [1.82, 2.24) is 4.57 Å². The number of hydrogen-bond donors (Lipinski definition) is 0. The number of esters is 2. The Hall–Kier alpha value is -4.42. The van der Waals surface area contributed by atoms with Crippen LogP contribution in [0.4, 0.5) is 0 Å². The second-order valence-electron chi connectivity index (χ2n) is 8.73. The molecule has 0 bridgehead atoms. The van der Waals surface area contributed by atoms with Crippen molar-refractivity contribution < 1.29 is 38.0 Å². The molecule has 4 rings (SSSR count). The first-order valence-electron chi connectivity index (χ1n) is 12.5. The zero-order valence-corrected chi connectivity index (χ0v) is 24.1. The summed E-state index contributed by atoms with van der Waals surface area (Å²) in [7, 11) is 5.79. The third-order valence-corrected chi connectivity index (χ3v) is 7.24.